The van der Waals surface area contributed by atoms with Gasteiger partial charge in [0.15, 0.2) is 0 Å². The minimum Gasteiger partial charge on any atom is -0.456 e. The summed E-state index contributed by atoms with van der Waals surface area (Å²) in [5, 5.41) is 14.4. The van der Waals surface area contributed by atoms with Crippen molar-refractivity contribution in [2.45, 2.75) is 6.61 Å². The number of fused-ring (bicyclic) bond motifs is 1. The molecule has 0 spiro atoms. The summed E-state index contributed by atoms with van der Waals surface area (Å²) < 4.78 is 11.5. The van der Waals surface area contributed by atoms with E-state index < -0.39 is 10.9 Å². The third-order valence-corrected chi connectivity index (χ3v) is 4.31. The van der Waals surface area contributed by atoms with Crippen molar-refractivity contribution in [3.63, 3.8) is 0 Å². The highest BCUT2D eigenvalue weighted by Crippen LogP contribution is 2.23. The first kappa shape index (κ1) is 21.2. The summed E-state index contributed by atoms with van der Waals surface area (Å²) in [5.41, 5.74) is 0.294. The van der Waals surface area contributed by atoms with Crippen molar-refractivity contribution in [3.8, 4) is 0 Å². The number of non-ortho nitro benzene ring substituents is 1. The van der Waals surface area contributed by atoms with E-state index in [4.69, 9.17) is 21.1 Å². The smallest absolute Gasteiger partial charge is 0.340 e. The van der Waals surface area contributed by atoms with Crippen molar-refractivity contribution < 1.29 is 19.2 Å². The Morgan fingerprint density at radius 3 is 2.83 bits per heavy atom. The fraction of sp³-hybridized carbons (Fsp3) is 0.211. The first-order chi connectivity index (χ1) is 14.4. The lowest BCUT2D eigenvalue weighted by Gasteiger charge is -2.12. The van der Waals surface area contributed by atoms with E-state index in [0.29, 0.717) is 29.5 Å². The molecule has 156 valence electrons. The molecule has 1 aromatic carbocycles. The number of nitrogens with zero attached hydrogens (tertiary/aromatic N) is 3. The van der Waals surface area contributed by atoms with E-state index in [2.05, 4.69) is 10.3 Å². The molecule has 0 saturated carbocycles. The van der Waals surface area contributed by atoms with Crippen LogP contribution in [0.5, 0.6) is 0 Å². The zero-order chi connectivity index (χ0) is 21.7. The normalized spacial score (nSPS) is 10.7. The number of anilines is 1. The van der Waals surface area contributed by atoms with Crippen molar-refractivity contribution in [1.82, 2.24) is 9.38 Å². The Morgan fingerprint density at radius 1 is 1.30 bits per heavy atom. The van der Waals surface area contributed by atoms with Crippen molar-refractivity contribution in [3.05, 3.63) is 79.3 Å². The zero-order valence-electron chi connectivity index (χ0n) is 15.8. The lowest BCUT2D eigenvalue weighted by Crippen LogP contribution is -2.17. The average molecular weight is 433 g/mol. The van der Waals surface area contributed by atoms with Crippen LogP contribution in [0, 0.1) is 10.1 Å². The van der Waals surface area contributed by atoms with Crippen LogP contribution in [0.15, 0.2) is 47.4 Å². The number of carbonyl (C=O) groups is 1. The Hall–Kier alpha value is -3.50. The third kappa shape index (κ3) is 4.91. The van der Waals surface area contributed by atoms with Crippen molar-refractivity contribution in [1.29, 1.82) is 0 Å². The van der Waals surface area contributed by atoms with Crippen LogP contribution in [0.3, 0.4) is 0 Å². The summed E-state index contributed by atoms with van der Waals surface area (Å²) in [6.07, 6.45) is 1.43. The second-order valence-electron chi connectivity index (χ2n) is 6.14. The Balaban J connectivity index is 1.82. The maximum Gasteiger partial charge on any atom is 0.340 e. The maximum absolute atomic E-state index is 12.6. The highest BCUT2D eigenvalue weighted by atomic mass is 35.5. The van der Waals surface area contributed by atoms with Gasteiger partial charge >= 0.3 is 5.97 Å². The molecule has 0 fully saturated rings. The predicted molar refractivity (Wildman–Crippen MR) is 109 cm³/mol. The Kier molecular flexibility index (Phi) is 6.60. The van der Waals surface area contributed by atoms with Gasteiger partial charge in [-0.15, -0.1) is 0 Å². The number of benzene rings is 1. The first-order valence-electron chi connectivity index (χ1n) is 8.75. The van der Waals surface area contributed by atoms with Gasteiger partial charge in [0.05, 0.1) is 27.8 Å². The number of ether oxygens (including phenoxy) is 2. The van der Waals surface area contributed by atoms with Gasteiger partial charge in [-0.3, -0.25) is 19.3 Å². The number of nitrogens with one attached hydrogen (secondary N) is 1. The monoisotopic (exact) mass is 432 g/mol. The summed E-state index contributed by atoms with van der Waals surface area (Å²) in [4.78, 5) is 39.5. The lowest BCUT2D eigenvalue weighted by atomic mass is 10.1. The van der Waals surface area contributed by atoms with Gasteiger partial charge < -0.3 is 14.8 Å². The van der Waals surface area contributed by atoms with E-state index in [9.17, 15) is 19.7 Å². The highest BCUT2D eigenvalue weighted by molar-refractivity contribution is 6.30. The quantitative estimate of drug-likeness (QED) is 0.249. The number of esters is 1. The molecule has 0 aliphatic heterocycles. The van der Waals surface area contributed by atoms with E-state index in [-0.39, 0.29) is 29.1 Å². The molecular formula is C19H17ClN4O6. The van der Waals surface area contributed by atoms with Gasteiger partial charge in [-0.05, 0) is 18.2 Å². The largest absolute Gasteiger partial charge is 0.456 e. The van der Waals surface area contributed by atoms with Crippen LogP contribution in [0.1, 0.15) is 16.1 Å². The number of methoxy groups -OCH3 is 1. The number of carbonyl (C=O) groups excluding carboxylic acids is 1. The number of pyridine rings is 1. The second kappa shape index (κ2) is 9.33. The number of hydrogen-bond acceptors (Lipinski definition) is 8. The molecule has 0 unspecified atom stereocenters. The van der Waals surface area contributed by atoms with Gasteiger partial charge in [-0.2, -0.15) is 0 Å². The van der Waals surface area contributed by atoms with Gasteiger partial charge in [-0.1, -0.05) is 11.6 Å². The maximum atomic E-state index is 12.6. The minimum atomic E-state index is -0.795. The number of rotatable bonds is 8. The molecule has 0 radical (unpaired) electrons. The minimum absolute atomic E-state index is 0.00963. The standard InChI is InChI=1S/C19H17ClN4O6/c1-29-7-6-21-16-4-3-14(24(27)28)9-15(16)19(26)30-11-13-8-18(25)23-10-12(20)2-5-17(23)22-13/h2-5,8-10,21H,6-7,11H2,1H3. The third-order valence-electron chi connectivity index (χ3n) is 4.08. The number of aromatic nitrogens is 2. The number of nitro benzene ring substituents is 1. The molecule has 10 nitrogen and oxygen atoms in total. The Labute approximate surface area is 175 Å². The van der Waals surface area contributed by atoms with Crippen molar-refractivity contribution >= 4 is 34.6 Å². The molecule has 11 heteroatoms. The topological polar surface area (TPSA) is 125 Å². The lowest BCUT2D eigenvalue weighted by molar-refractivity contribution is -0.384. The zero-order valence-corrected chi connectivity index (χ0v) is 16.6. The van der Waals surface area contributed by atoms with Crippen LogP contribution in [0.25, 0.3) is 5.65 Å². The fourth-order valence-corrected chi connectivity index (χ4v) is 2.83. The van der Waals surface area contributed by atoms with E-state index in [1.54, 1.807) is 12.1 Å². The molecule has 0 aliphatic rings. The van der Waals surface area contributed by atoms with E-state index >= 15 is 0 Å². The van der Waals surface area contributed by atoms with Gasteiger partial charge in [-0.25, -0.2) is 9.78 Å². The molecule has 2 aromatic heterocycles. The molecule has 30 heavy (non-hydrogen) atoms. The van der Waals surface area contributed by atoms with E-state index in [0.717, 1.165) is 6.07 Å². The second-order valence-corrected chi connectivity index (χ2v) is 6.58. The molecule has 0 aliphatic carbocycles. The average Bonchev–Trinajstić information content (AvgIpc) is 2.72. The summed E-state index contributed by atoms with van der Waals surface area (Å²) in [6, 6.07) is 8.20. The number of nitro groups is 1. The summed E-state index contributed by atoms with van der Waals surface area (Å²) in [7, 11) is 1.53. The molecule has 0 bridgehead atoms. The summed E-state index contributed by atoms with van der Waals surface area (Å²) >= 11 is 5.88. The molecule has 0 atom stereocenters. The Bertz CT molecular complexity index is 1160. The molecule has 2 heterocycles. The van der Waals surface area contributed by atoms with Gasteiger partial charge in [0.2, 0.25) is 0 Å². The van der Waals surface area contributed by atoms with Crippen LogP contribution in [0.4, 0.5) is 11.4 Å². The molecule has 0 amide bonds. The van der Waals surface area contributed by atoms with Crippen LogP contribution in [0.2, 0.25) is 5.02 Å². The molecule has 0 saturated heterocycles. The number of halogens is 1. The van der Waals surface area contributed by atoms with Crippen LogP contribution in [-0.2, 0) is 16.1 Å². The SMILES string of the molecule is COCCNc1ccc([N+](=O)[O-])cc1C(=O)OCc1cc(=O)n2cc(Cl)ccc2n1. The van der Waals surface area contributed by atoms with Crippen LogP contribution in [-0.4, -0.2) is 40.5 Å². The molecule has 3 aromatic rings. The predicted octanol–water partition coefficient (Wildman–Crippen LogP) is 2.67. The molecule has 3 rings (SSSR count). The van der Waals surface area contributed by atoms with E-state index in [1.807, 2.05) is 0 Å². The van der Waals surface area contributed by atoms with Gasteiger partial charge in [0, 0.05) is 43.7 Å². The molecule has 1 N–H and O–H groups in total. The van der Waals surface area contributed by atoms with Crippen LogP contribution < -0.4 is 10.9 Å². The summed E-state index contributed by atoms with van der Waals surface area (Å²) in [5.74, 6) is -0.795. The van der Waals surface area contributed by atoms with Gasteiger partial charge in [0.25, 0.3) is 11.2 Å². The Morgan fingerprint density at radius 2 is 2.10 bits per heavy atom. The fourth-order valence-electron chi connectivity index (χ4n) is 2.67. The molecular weight excluding hydrogens is 416 g/mol. The number of hydrogen-bond donors (Lipinski definition) is 1. The first-order valence-corrected chi connectivity index (χ1v) is 9.13. The van der Waals surface area contributed by atoms with E-state index in [1.165, 1.54) is 35.9 Å². The highest BCUT2D eigenvalue weighted by Gasteiger charge is 2.18. The van der Waals surface area contributed by atoms with Crippen LogP contribution >= 0.6 is 11.6 Å². The van der Waals surface area contributed by atoms with Crippen molar-refractivity contribution in [2.75, 3.05) is 25.6 Å². The van der Waals surface area contributed by atoms with Crippen molar-refractivity contribution in [2.24, 2.45) is 0 Å². The summed E-state index contributed by atoms with van der Waals surface area (Å²) in [6.45, 7) is 0.480. The van der Waals surface area contributed by atoms with Gasteiger partial charge in [0.1, 0.15) is 12.3 Å².